The quantitative estimate of drug-likeness (QED) is 0.374. The first-order valence-electron chi connectivity index (χ1n) is 9.18. The van der Waals surface area contributed by atoms with Gasteiger partial charge >= 0.3 is 0 Å². The monoisotopic (exact) mass is 475 g/mol. The van der Waals surface area contributed by atoms with Crippen LogP contribution >= 0.6 is 15.9 Å². The van der Waals surface area contributed by atoms with Gasteiger partial charge in [-0.05, 0) is 29.8 Å². The average molecular weight is 476 g/mol. The maximum absolute atomic E-state index is 12.9. The van der Waals surface area contributed by atoms with Crippen LogP contribution < -0.4 is 9.47 Å². The smallest absolute Gasteiger partial charge is 0.295 e. The Morgan fingerprint density at radius 2 is 1.70 bits per heavy atom. The number of nitrogens with zero attached hydrogens (tertiary/aromatic N) is 1. The molecule has 1 fully saturated rings. The van der Waals surface area contributed by atoms with Crippen LogP contribution in [0.15, 0.2) is 52.5 Å². The van der Waals surface area contributed by atoms with Crippen LogP contribution in [0.25, 0.3) is 5.76 Å². The number of benzene rings is 2. The van der Waals surface area contributed by atoms with Crippen LogP contribution in [0, 0.1) is 0 Å². The van der Waals surface area contributed by atoms with Crippen LogP contribution in [0.4, 0.5) is 0 Å². The van der Waals surface area contributed by atoms with Crippen LogP contribution in [-0.4, -0.2) is 56.2 Å². The first kappa shape index (κ1) is 21.9. The van der Waals surface area contributed by atoms with Gasteiger partial charge in [0.2, 0.25) is 0 Å². The molecule has 1 amide bonds. The number of ketones is 1. The molecule has 0 bridgehead atoms. The molecule has 1 atom stereocenters. The second-order valence-electron chi connectivity index (χ2n) is 6.61. The fourth-order valence-electron chi connectivity index (χ4n) is 3.43. The predicted molar refractivity (Wildman–Crippen MR) is 115 cm³/mol. The summed E-state index contributed by atoms with van der Waals surface area (Å²) in [5, 5.41) is 11.0. The number of carbonyl (C=O) groups is 2. The van der Waals surface area contributed by atoms with Crippen molar-refractivity contribution in [2.45, 2.75) is 6.04 Å². The molecule has 1 heterocycles. The molecule has 7 nitrogen and oxygen atoms in total. The van der Waals surface area contributed by atoms with Crippen LogP contribution in [0.2, 0.25) is 0 Å². The zero-order valence-corrected chi connectivity index (χ0v) is 18.4. The minimum atomic E-state index is -0.788. The molecule has 158 valence electrons. The number of hydrogen-bond acceptors (Lipinski definition) is 6. The maximum atomic E-state index is 12.9. The van der Waals surface area contributed by atoms with Gasteiger partial charge in [-0.2, -0.15) is 0 Å². The molecule has 3 rings (SSSR count). The summed E-state index contributed by atoms with van der Waals surface area (Å²) < 4.78 is 16.6. The van der Waals surface area contributed by atoms with E-state index in [4.69, 9.17) is 14.2 Å². The van der Waals surface area contributed by atoms with E-state index < -0.39 is 17.7 Å². The molecule has 2 aromatic rings. The van der Waals surface area contributed by atoms with Crippen molar-refractivity contribution in [1.29, 1.82) is 0 Å². The zero-order valence-electron chi connectivity index (χ0n) is 16.8. The van der Waals surface area contributed by atoms with E-state index in [0.29, 0.717) is 22.6 Å². The highest BCUT2D eigenvalue weighted by atomic mass is 79.9. The minimum absolute atomic E-state index is 0.0191. The molecule has 0 saturated carbocycles. The van der Waals surface area contributed by atoms with Crippen LogP contribution in [0.5, 0.6) is 11.5 Å². The third-order valence-electron chi connectivity index (χ3n) is 4.92. The van der Waals surface area contributed by atoms with Crippen molar-refractivity contribution in [3.8, 4) is 11.5 Å². The van der Waals surface area contributed by atoms with Gasteiger partial charge in [0.05, 0.1) is 32.4 Å². The van der Waals surface area contributed by atoms with Crippen molar-refractivity contribution < 1.29 is 28.9 Å². The maximum Gasteiger partial charge on any atom is 0.295 e. The summed E-state index contributed by atoms with van der Waals surface area (Å²) in [6.07, 6.45) is 0. The van der Waals surface area contributed by atoms with E-state index in [0.717, 1.165) is 4.47 Å². The van der Waals surface area contributed by atoms with Crippen molar-refractivity contribution in [3.63, 3.8) is 0 Å². The first-order valence-corrected chi connectivity index (χ1v) is 9.97. The van der Waals surface area contributed by atoms with Crippen molar-refractivity contribution in [2.24, 2.45) is 0 Å². The lowest BCUT2D eigenvalue weighted by molar-refractivity contribution is -0.140. The molecule has 0 radical (unpaired) electrons. The van der Waals surface area contributed by atoms with Gasteiger partial charge in [-0.3, -0.25) is 9.59 Å². The minimum Gasteiger partial charge on any atom is -0.507 e. The van der Waals surface area contributed by atoms with Gasteiger partial charge < -0.3 is 24.2 Å². The van der Waals surface area contributed by atoms with Gasteiger partial charge in [0, 0.05) is 23.7 Å². The van der Waals surface area contributed by atoms with E-state index in [1.807, 2.05) is 0 Å². The van der Waals surface area contributed by atoms with Crippen molar-refractivity contribution in [2.75, 3.05) is 34.5 Å². The fraction of sp³-hybridized carbons (Fsp3) is 0.273. The predicted octanol–water partition coefficient (Wildman–Crippen LogP) is 3.53. The number of Topliss-reactive ketones (excluding diaryl/α,β-unsaturated/α-hetero) is 1. The molecular weight excluding hydrogens is 454 g/mol. The van der Waals surface area contributed by atoms with Crippen LogP contribution in [0.1, 0.15) is 17.2 Å². The van der Waals surface area contributed by atoms with E-state index in [-0.39, 0.29) is 24.5 Å². The number of amides is 1. The lowest BCUT2D eigenvalue weighted by Gasteiger charge is -2.25. The Hall–Kier alpha value is -2.84. The molecule has 2 aromatic carbocycles. The van der Waals surface area contributed by atoms with Gasteiger partial charge in [0.1, 0.15) is 5.76 Å². The number of carbonyl (C=O) groups excluding carboxylic acids is 2. The van der Waals surface area contributed by atoms with E-state index in [9.17, 15) is 14.7 Å². The fourth-order valence-corrected chi connectivity index (χ4v) is 3.70. The summed E-state index contributed by atoms with van der Waals surface area (Å²) in [7, 11) is 4.55. The number of methoxy groups -OCH3 is 3. The Labute approximate surface area is 183 Å². The lowest BCUT2D eigenvalue weighted by atomic mass is 9.95. The van der Waals surface area contributed by atoms with Gasteiger partial charge in [0.15, 0.2) is 11.5 Å². The molecule has 1 saturated heterocycles. The first-order chi connectivity index (χ1) is 14.4. The summed E-state index contributed by atoms with van der Waals surface area (Å²) in [5.41, 5.74) is 1.07. The Morgan fingerprint density at radius 3 is 2.30 bits per heavy atom. The number of hydrogen-bond donors (Lipinski definition) is 1. The topological polar surface area (TPSA) is 85.3 Å². The highest BCUT2D eigenvalue weighted by Gasteiger charge is 2.46. The molecule has 1 unspecified atom stereocenters. The molecule has 1 aliphatic rings. The largest absolute Gasteiger partial charge is 0.507 e. The van der Waals surface area contributed by atoms with Gasteiger partial charge in [-0.15, -0.1) is 0 Å². The van der Waals surface area contributed by atoms with E-state index in [2.05, 4.69) is 15.9 Å². The summed E-state index contributed by atoms with van der Waals surface area (Å²) in [5.74, 6) is -0.698. The number of halogens is 1. The Bertz CT molecular complexity index is 986. The molecule has 1 N–H and O–H groups in total. The summed E-state index contributed by atoms with van der Waals surface area (Å²) >= 11 is 3.35. The van der Waals surface area contributed by atoms with Crippen LogP contribution in [-0.2, 0) is 14.3 Å². The molecule has 1 aliphatic heterocycles. The SMILES string of the molecule is COCCN1C(=O)C(=O)/C(=C(\O)c2ccc(Br)cc2)C1c1ccc(OC)c(OC)c1. The number of aliphatic hydroxyl groups excluding tert-OH is 1. The van der Waals surface area contributed by atoms with E-state index >= 15 is 0 Å². The second kappa shape index (κ2) is 9.32. The number of ether oxygens (including phenoxy) is 3. The average Bonchev–Trinajstić information content (AvgIpc) is 3.01. The third-order valence-corrected chi connectivity index (χ3v) is 5.45. The molecule has 0 aromatic heterocycles. The lowest BCUT2D eigenvalue weighted by Crippen LogP contribution is -2.32. The third kappa shape index (κ3) is 4.06. The number of rotatable bonds is 7. The van der Waals surface area contributed by atoms with Gasteiger partial charge in [0.25, 0.3) is 11.7 Å². The summed E-state index contributed by atoms with van der Waals surface area (Å²) in [6, 6.07) is 11.2. The Balaban J connectivity index is 2.18. The number of aliphatic hydroxyl groups is 1. The van der Waals surface area contributed by atoms with Gasteiger partial charge in [-0.25, -0.2) is 0 Å². The molecule has 30 heavy (non-hydrogen) atoms. The Morgan fingerprint density at radius 1 is 1.03 bits per heavy atom. The standard InChI is InChI=1S/C22H22BrNO6/c1-28-11-10-24-19(14-6-9-16(29-2)17(12-14)30-3)18(21(26)22(24)27)20(25)13-4-7-15(23)8-5-13/h4-9,12,19,25H,10-11H2,1-3H3/b20-18-. The Kier molecular flexibility index (Phi) is 6.79. The highest BCUT2D eigenvalue weighted by Crippen LogP contribution is 2.41. The van der Waals surface area contributed by atoms with Gasteiger partial charge in [-0.1, -0.05) is 34.1 Å². The number of likely N-dealkylation sites (tertiary alicyclic amines) is 1. The summed E-state index contributed by atoms with van der Waals surface area (Å²) in [6.45, 7) is 0.437. The van der Waals surface area contributed by atoms with E-state index in [1.54, 1.807) is 42.5 Å². The molecular formula is C22H22BrNO6. The molecule has 0 aliphatic carbocycles. The highest BCUT2D eigenvalue weighted by molar-refractivity contribution is 9.10. The van der Waals surface area contributed by atoms with Crippen molar-refractivity contribution in [3.05, 3.63) is 63.6 Å². The summed E-state index contributed by atoms with van der Waals surface area (Å²) in [4.78, 5) is 27.1. The molecule has 8 heteroatoms. The van der Waals surface area contributed by atoms with Crippen LogP contribution in [0.3, 0.4) is 0 Å². The zero-order chi connectivity index (χ0) is 21.8. The second-order valence-corrected chi connectivity index (χ2v) is 7.52. The van der Waals surface area contributed by atoms with Crippen molar-refractivity contribution in [1.82, 2.24) is 4.90 Å². The molecule has 0 spiro atoms. The normalized spacial score (nSPS) is 18.0. The van der Waals surface area contributed by atoms with E-state index in [1.165, 1.54) is 26.2 Å². The van der Waals surface area contributed by atoms with Crippen molar-refractivity contribution >= 4 is 33.4 Å².